The number of carbonyl (C=O) groups excluding carboxylic acids is 1. The van der Waals surface area contributed by atoms with Crippen molar-refractivity contribution in [1.29, 1.82) is 5.26 Å². The second-order valence-corrected chi connectivity index (χ2v) is 7.19. The number of hydrogen-bond donors (Lipinski definition) is 2. The van der Waals surface area contributed by atoms with Crippen LogP contribution < -0.4 is 14.9 Å². The summed E-state index contributed by atoms with van der Waals surface area (Å²) in [5, 5.41) is 29.7. The van der Waals surface area contributed by atoms with Crippen LogP contribution in [0.5, 0.6) is 11.5 Å². The van der Waals surface area contributed by atoms with Gasteiger partial charge in [-0.15, -0.1) is 0 Å². The molecule has 9 nitrogen and oxygen atoms in total. The second kappa shape index (κ2) is 10.6. The molecular formula is C24H23NO8. The Balaban J connectivity index is 1.73. The summed E-state index contributed by atoms with van der Waals surface area (Å²) in [6.07, 6.45) is -3.25. The molecule has 0 amide bonds. The fraction of sp³-hybridized carbons (Fsp3) is 0.292. The highest BCUT2D eigenvalue weighted by Crippen LogP contribution is 2.22. The number of rotatable bonds is 9. The minimum Gasteiger partial charge on any atom is -0.491 e. The SMILES string of the molecule is CCOC(=O)c1cc(=O)c2ccc(OCC(O)C(Oc3ccc(C#N)cc3)C(C)O)cc2o1. The van der Waals surface area contributed by atoms with Crippen molar-refractivity contribution in [2.75, 3.05) is 13.2 Å². The summed E-state index contributed by atoms with van der Waals surface area (Å²) >= 11 is 0. The molecule has 33 heavy (non-hydrogen) atoms. The van der Waals surface area contributed by atoms with Crippen molar-refractivity contribution < 1.29 is 33.6 Å². The summed E-state index contributed by atoms with van der Waals surface area (Å²) in [6.45, 7) is 3.01. The van der Waals surface area contributed by atoms with Crippen molar-refractivity contribution in [2.45, 2.75) is 32.2 Å². The molecule has 0 radical (unpaired) electrons. The van der Waals surface area contributed by atoms with Gasteiger partial charge >= 0.3 is 5.97 Å². The van der Waals surface area contributed by atoms with Crippen molar-refractivity contribution in [3.8, 4) is 17.6 Å². The molecule has 3 aromatic rings. The van der Waals surface area contributed by atoms with Gasteiger partial charge < -0.3 is 28.8 Å². The largest absolute Gasteiger partial charge is 0.491 e. The third kappa shape index (κ3) is 5.88. The van der Waals surface area contributed by atoms with Crippen LogP contribution in [0, 0.1) is 11.3 Å². The Morgan fingerprint density at radius 2 is 1.82 bits per heavy atom. The summed E-state index contributed by atoms with van der Waals surface area (Å²) in [6, 6.07) is 13.7. The van der Waals surface area contributed by atoms with E-state index in [1.54, 1.807) is 31.2 Å². The molecule has 0 aliphatic carbocycles. The fourth-order valence-electron chi connectivity index (χ4n) is 3.07. The van der Waals surface area contributed by atoms with Gasteiger partial charge in [-0.25, -0.2) is 4.79 Å². The van der Waals surface area contributed by atoms with Crippen LogP contribution in [0.25, 0.3) is 11.0 Å². The van der Waals surface area contributed by atoms with E-state index >= 15 is 0 Å². The molecule has 0 aliphatic heterocycles. The van der Waals surface area contributed by atoms with Crippen LogP contribution in [-0.2, 0) is 4.74 Å². The number of esters is 1. The molecule has 2 aromatic carbocycles. The van der Waals surface area contributed by atoms with Crippen LogP contribution in [-0.4, -0.2) is 47.7 Å². The van der Waals surface area contributed by atoms with Gasteiger partial charge in [-0.1, -0.05) is 0 Å². The molecule has 0 spiro atoms. The van der Waals surface area contributed by atoms with Gasteiger partial charge in [-0.3, -0.25) is 4.79 Å². The van der Waals surface area contributed by atoms with Crippen LogP contribution in [0.4, 0.5) is 0 Å². The van der Waals surface area contributed by atoms with Gasteiger partial charge in [0.2, 0.25) is 5.76 Å². The zero-order valence-electron chi connectivity index (χ0n) is 18.1. The standard InChI is InChI=1S/C24H23NO8/c1-3-30-24(29)22-11-19(27)18-9-8-17(10-21(18)33-22)31-13-20(28)23(14(2)26)32-16-6-4-15(12-25)5-7-16/h4-11,14,20,23,26,28H,3,13H2,1-2H3. The molecule has 2 N–H and O–H groups in total. The van der Waals surface area contributed by atoms with E-state index in [4.69, 9.17) is 23.9 Å². The predicted octanol–water partition coefficient (Wildman–Crippen LogP) is 2.41. The van der Waals surface area contributed by atoms with Crippen LogP contribution in [0.15, 0.2) is 57.7 Å². The van der Waals surface area contributed by atoms with E-state index < -0.39 is 29.7 Å². The number of fused-ring (bicyclic) bond motifs is 1. The molecule has 0 aliphatic rings. The number of benzene rings is 2. The van der Waals surface area contributed by atoms with Crippen molar-refractivity contribution in [3.63, 3.8) is 0 Å². The number of ether oxygens (including phenoxy) is 3. The maximum atomic E-state index is 12.3. The average molecular weight is 453 g/mol. The number of nitrogens with zero attached hydrogens (tertiary/aromatic N) is 1. The van der Waals surface area contributed by atoms with E-state index in [1.807, 2.05) is 6.07 Å². The van der Waals surface area contributed by atoms with Gasteiger partial charge in [0, 0.05) is 12.1 Å². The molecular weight excluding hydrogens is 430 g/mol. The van der Waals surface area contributed by atoms with E-state index in [9.17, 15) is 19.8 Å². The van der Waals surface area contributed by atoms with Crippen LogP contribution in [0.2, 0.25) is 0 Å². The Kier molecular flexibility index (Phi) is 7.66. The lowest BCUT2D eigenvalue weighted by atomic mass is 10.1. The Morgan fingerprint density at radius 1 is 1.12 bits per heavy atom. The zero-order chi connectivity index (χ0) is 24.0. The van der Waals surface area contributed by atoms with Crippen LogP contribution in [0.1, 0.15) is 30.0 Å². The van der Waals surface area contributed by atoms with Gasteiger partial charge in [0.25, 0.3) is 0 Å². The summed E-state index contributed by atoms with van der Waals surface area (Å²) in [4.78, 5) is 24.1. The first-order chi connectivity index (χ1) is 15.8. The summed E-state index contributed by atoms with van der Waals surface area (Å²) in [5.74, 6) is -0.333. The lowest BCUT2D eigenvalue weighted by molar-refractivity contribution is -0.0523. The van der Waals surface area contributed by atoms with E-state index in [2.05, 4.69) is 0 Å². The van der Waals surface area contributed by atoms with E-state index in [-0.39, 0.29) is 35.7 Å². The topological polar surface area (TPSA) is 139 Å². The van der Waals surface area contributed by atoms with Crippen molar-refractivity contribution in [1.82, 2.24) is 0 Å². The van der Waals surface area contributed by atoms with E-state index in [0.717, 1.165) is 6.07 Å². The minimum absolute atomic E-state index is 0.124. The summed E-state index contributed by atoms with van der Waals surface area (Å²) < 4.78 is 21.6. The first kappa shape index (κ1) is 23.8. The van der Waals surface area contributed by atoms with Crippen molar-refractivity contribution in [2.24, 2.45) is 0 Å². The average Bonchev–Trinajstić information content (AvgIpc) is 2.81. The highest BCUT2D eigenvalue weighted by molar-refractivity contribution is 5.89. The molecule has 1 heterocycles. The molecule has 3 rings (SSSR count). The number of aliphatic hydroxyl groups is 2. The quantitative estimate of drug-likeness (QED) is 0.468. The third-order valence-corrected chi connectivity index (χ3v) is 4.71. The number of carbonyl (C=O) groups is 1. The molecule has 0 saturated heterocycles. The van der Waals surface area contributed by atoms with Crippen LogP contribution >= 0.6 is 0 Å². The first-order valence-corrected chi connectivity index (χ1v) is 10.2. The van der Waals surface area contributed by atoms with Crippen molar-refractivity contribution >= 4 is 16.9 Å². The molecule has 0 bridgehead atoms. The maximum absolute atomic E-state index is 12.3. The lowest BCUT2D eigenvalue weighted by Crippen LogP contribution is -2.43. The Labute approximate surface area is 189 Å². The molecule has 0 fully saturated rings. The normalized spacial score (nSPS) is 13.5. The second-order valence-electron chi connectivity index (χ2n) is 7.19. The highest BCUT2D eigenvalue weighted by Gasteiger charge is 2.27. The van der Waals surface area contributed by atoms with E-state index in [1.165, 1.54) is 25.1 Å². The van der Waals surface area contributed by atoms with Gasteiger partial charge in [0.1, 0.15) is 29.8 Å². The molecule has 1 aromatic heterocycles. The number of hydrogen-bond acceptors (Lipinski definition) is 9. The summed E-state index contributed by atoms with van der Waals surface area (Å²) in [5.41, 5.74) is 0.170. The van der Waals surface area contributed by atoms with E-state index in [0.29, 0.717) is 11.3 Å². The third-order valence-electron chi connectivity index (χ3n) is 4.71. The van der Waals surface area contributed by atoms with Gasteiger partial charge in [-0.2, -0.15) is 5.26 Å². The molecule has 3 atom stereocenters. The first-order valence-electron chi connectivity index (χ1n) is 10.2. The highest BCUT2D eigenvalue weighted by atomic mass is 16.5. The Bertz CT molecular complexity index is 1210. The molecule has 3 unspecified atom stereocenters. The molecule has 172 valence electrons. The molecule has 0 saturated carbocycles. The Hall–Kier alpha value is -3.87. The van der Waals surface area contributed by atoms with Crippen molar-refractivity contribution in [3.05, 3.63) is 70.1 Å². The van der Waals surface area contributed by atoms with Gasteiger partial charge in [-0.05, 0) is 50.2 Å². The summed E-state index contributed by atoms with van der Waals surface area (Å²) in [7, 11) is 0. The predicted molar refractivity (Wildman–Crippen MR) is 117 cm³/mol. The number of aliphatic hydroxyl groups excluding tert-OH is 2. The minimum atomic E-state index is -1.21. The monoisotopic (exact) mass is 453 g/mol. The zero-order valence-corrected chi connectivity index (χ0v) is 18.1. The maximum Gasteiger partial charge on any atom is 0.374 e. The smallest absolute Gasteiger partial charge is 0.374 e. The fourth-order valence-corrected chi connectivity index (χ4v) is 3.07. The lowest BCUT2D eigenvalue weighted by Gasteiger charge is -2.26. The van der Waals surface area contributed by atoms with Gasteiger partial charge in [0.05, 0.1) is 29.7 Å². The van der Waals surface area contributed by atoms with Gasteiger partial charge in [0.15, 0.2) is 11.5 Å². The molecule has 9 heteroatoms. The number of nitriles is 1. The van der Waals surface area contributed by atoms with Crippen LogP contribution in [0.3, 0.4) is 0 Å². The Morgan fingerprint density at radius 3 is 2.45 bits per heavy atom.